The predicted molar refractivity (Wildman–Crippen MR) is 117 cm³/mol. The highest BCUT2D eigenvalue weighted by Gasteiger charge is 2.33. The Balaban J connectivity index is 1.47. The molecule has 3 heterocycles. The lowest BCUT2D eigenvalue weighted by Crippen LogP contribution is -2.14. The Hall–Kier alpha value is -4.39. The van der Waals surface area contributed by atoms with Crippen molar-refractivity contribution in [3.05, 3.63) is 108 Å². The number of fused-ring (bicyclic) bond motifs is 4. The Kier molecular flexibility index (Phi) is 4.24. The first-order valence-corrected chi connectivity index (χ1v) is 10.2. The van der Waals surface area contributed by atoms with Gasteiger partial charge in [-0.1, -0.05) is 54.6 Å². The van der Waals surface area contributed by atoms with Gasteiger partial charge in [0.15, 0.2) is 11.5 Å². The topological polar surface area (TPSA) is 81.8 Å². The molecule has 0 saturated heterocycles. The maximum Gasteiger partial charge on any atom is 0.228 e. The van der Waals surface area contributed by atoms with Crippen molar-refractivity contribution in [3.63, 3.8) is 0 Å². The van der Waals surface area contributed by atoms with Gasteiger partial charge in [0.05, 0.1) is 5.56 Å². The van der Waals surface area contributed by atoms with Crippen molar-refractivity contribution in [2.75, 3.05) is 0 Å². The van der Waals surface area contributed by atoms with E-state index in [4.69, 9.17) is 14.5 Å². The highest BCUT2D eigenvalue weighted by atomic mass is 16.5. The fraction of sp³-hybridized carbons (Fsp3) is 0.0800. The first kappa shape index (κ1) is 18.4. The third-order valence-corrected chi connectivity index (χ3v) is 5.48. The molecule has 2 aromatic heterocycles. The van der Waals surface area contributed by atoms with Crippen LogP contribution in [0.1, 0.15) is 28.4 Å². The molecule has 7 nitrogen and oxygen atoms in total. The van der Waals surface area contributed by atoms with E-state index in [9.17, 15) is 5.11 Å². The van der Waals surface area contributed by atoms with Crippen LogP contribution in [0.3, 0.4) is 0 Å². The minimum Gasteiger partial charge on any atom is -0.508 e. The van der Waals surface area contributed by atoms with Crippen molar-refractivity contribution in [3.8, 4) is 23.1 Å². The number of aromatic hydroxyl groups is 1. The molecule has 7 heteroatoms. The van der Waals surface area contributed by atoms with Gasteiger partial charge in [-0.25, -0.2) is 14.5 Å². The Labute approximate surface area is 183 Å². The quantitative estimate of drug-likeness (QED) is 0.444. The second-order valence-corrected chi connectivity index (χ2v) is 7.53. The smallest absolute Gasteiger partial charge is 0.228 e. The summed E-state index contributed by atoms with van der Waals surface area (Å²) in [5.74, 6) is 2.31. The van der Waals surface area contributed by atoms with Crippen molar-refractivity contribution in [2.45, 2.75) is 12.5 Å². The molecule has 0 bridgehead atoms. The fourth-order valence-electron chi connectivity index (χ4n) is 4.06. The molecule has 3 aromatic carbocycles. The average Bonchev–Trinajstić information content (AvgIpc) is 3.26. The molecular weight excluding hydrogens is 404 g/mol. The zero-order valence-corrected chi connectivity index (χ0v) is 16.9. The number of aromatic nitrogens is 4. The van der Waals surface area contributed by atoms with Crippen LogP contribution in [0.15, 0.2) is 85.2 Å². The minimum absolute atomic E-state index is 0.142. The van der Waals surface area contributed by atoms with E-state index in [0.29, 0.717) is 23.1 Å². The van der Waals surface area contributed by atoms with Crippen molar-refractivity contribution in [1.29, 1.82) is 0 Å². The van der Waals surface area contributed by atoms with E-state index in [0.717, 1.165) is 22.4 Å². The molecule has 6 rings (SSSR count). The standard InChI is InChI=1S/C25H18N4O3/c30-17-11-12-19-20(13-17)32-25-23(22(19)16-7-3-1-4-8-16)24-27-21(28-29(24)15-26-25)14-31-18-9-5-2-6-10-18/h1-13,15,22,30H,14H2/t22-/m1/s1. The lowest BCUT2D eigenvalue weighted by Gasteiger charge is -2.27. The average molecular weight is 422 g/mol. The molecule has 32 heavy (non-hydrogen) atoms. The van der Waals surface area contributed by atoms with Gasteiger partial charge in [0.2, 0.25) is 5.88 Å². The lowest BCUT2D eigenvalue weighted by atomic mass is 9.84. The fourth-order valence-corrected chi connectivity index (χ4v) is 4.06. The summed E-state index contributed by atoms with van der Waals surface area (Å²) in [5.41, 5.74) is 3.50. The highest BCUT2D eigenvalue weighted by Crippen LogP contribution is 2.48. The Morgan fingerprint density at radius 3 is 2.56 bits per heavy atom. The van der Waals surface area contributed by atoms with Crippen LogP contribution < -0.4 is 9.47 Å². The second kappa shape index (κ2) is 7.39. The van der Waals surface area contributed by atoms with Crippen LogP contribution in [-0.4, -0.2) is 24.7 Å². The third kappa shape index (κ3) is 3.11. The normalized spacial score (nSPS) is 14.4. The number of phenols is 1. The molecule has 0 unspecified atom stereocenters. The monoisotopic (exact) mass is 422 g/mol. The highest BCUT2D eigenvalue weighted by molar-refractivity contribution is 5.66. The first-order valence-electron chi connectivity index (χ1n) is 10.2. The van der Waals surface area contributed by atoms with Crippen molar-refractivity contribution in [2.24, 2.45) is 0 Å². The summed E-state index contributed by atoms with van der Waals surface area (Å²) in [6.07, 6.45) is 1.59. The number of rotatable bonds is 4. The second-order valence-electron chi connectivity index (χ2n) is 7.53. The summed E-state index contributed by atoms with van der Waals surface area (Å²) >= 11 is 0. The summed E-state index contributed by atoms with van der Waals surface area (Å²) in [6, 6.07) is 24.8. The van der Waals surface area contributed by atoms with Gasteiger partial charge < -0.3 is 14.6 Å². The number of phenolic OH excluding ortho intramolecular Hbond substituents is 1. The van der Waals surface area contributed by atoms with Crippen LogP contribution in [0.25, 0.3) is 5.65 Å². The molecule has 1 N–H and O–H groups in total. The van der Waals surface area contributed by atoms with E-state index in [1.54, 1.807) is 23.0 Å². The van der Waals surface area contributed by atoms with Gasteiger partial charge in [-0.05, 0) is 23.8 Å². The number of benzene rings is 3. The molecule has 1 aliphatic rings. The molecule has 1 atom stereocenters. The SMILES string of the molecule is Oc1ccc2c(c1)Oc1ncn3nc(COc4ccccc4)nc3c1[C@@H]2c1ccccc1. The van der Waals surface area contributed by atoms with Gasteiger partial charge in [0, 0.05) is 17.5 Å². The molecule has 5 aromatic rings. The first-order chi connectivity index (χ1) is 15.8. The molecule has 156 valence electrons. The van der Waals surface area contributed by atoms with Crippen LogP contribution in [0, 0.1) is 0 Å². The summed E-state index contributed by atoms with van der Waals surface area (Å²) in [4.78, 5) is 9.26. The zero-order chi connectivity index (χ0) is 21.5. The Bertz CT molecular complexity index is 1420. The van der Waals surface area contributed by atoms with Crippen LogP contribution in [-0.2, 0) is 6.61 Å². The van der Waals surface area contributed by atoms with Crippen molar-refractivity contribution >= 4 is 5.65 Å². The summed E-state index contributed by atoms with van der Waals surface area (Å²) in [7, 11) is 0. The van der Waals surface area contributed by atoms with Gasteiger partial charge >= 0.3 is 0 Å². The van der Waals surface area contributed by atoms with Crippen molar-refractivity contribution in [1.82, 2.24) is 19.6 Å². The summed E-state index contributed by atoms with van der Waals surface area (Å²) < 4.78 is 13.6. The van der Waals surface area contributed by atoms with Gasteiger partial charge in [-0.3, -0.25) is 0 Å². The maximum absolute atomic E-state index is 9.98. The molecule has 1 aliphatic heterocycles. The van der Waals surface area contributed by atoms with Crippen LogP contribution >= 0.6 is 0 Å². The van der Waals surface area contributed by atoms with Crippen molar-refractivity contribution < 1.29 is 14.6 Å². The minimum atomic E-state index is -0.168. The van der Waals surface area contributed by atoms with E-state index in [-0.39, 0.29) is 18.3 Å². The Morgan fingerprint density at radius 1 is 0.969 bits per heavy atom. The molecule has 0 spiro atoms. The molecule has 0 fully saturated rings. The van der Waals surface area contributed by atoms with Crippen LogP contribution in [0.5, 0.6) is 23.1 Å². The molecule has 0 amide bonds. The van der Waals surface area contributed by atoms with E-state index in [1.807, 2.05) is 54.6 Å². The molecule has 0 aliphatic carbocycles. The van der Waals surface area contributed by atoms with E-state index in [1.165, 1.54) is 0 Å². The zero-order valence-electron chi connectivity index (χ0n) is 16.9. The molecular formula is C25H18N4O3. The van der Waals surface area contributed by atoms with Gasteiger partial charge in [-0.15, -0.1) is 5.10 Å². The Morgan fingerprint density at radius 2 is 1.75 bits per heavy atom. The van der Waals surface area contributed by atoms with E-state index in [2.05, 4.69) is 22.2 Å². The summed E-state index contributed by atoms with van der Waals surface area (Å²) in [6.45, 7) is 0.238. The largest absolute Gasteiger partial charge is 0.508 e. The number of hydrogen-bond donors (Lipinski definition) is 1. The van der Waals surface area contributed by atoms with Crippen LogP contribution in [0.2, 0.25) is 0 Å². The van der Waals surface area contributed by atoms with E-state index >= 15 is 0 Å². The van der Waals surface area contributed by atoms with Gasteiger partial charge in [0.25, 0.3) is 0 Å². The number of hydrogen-bond acceptors (Lipinski definition) is 6. The van der Waals surface area contributed by atoms with Crippen LogP contribution in [0.4, 0.5) is 0 Å². The summed E-state index contributed by atoms with van der Waals surface area (Å²) in [5, 5.41) is 14.5. The van der Waals surface area contributed by atoms with E-state index < -0.39 is 0 Å². The number of ether oxygens (including phenoxy) is 2. The van der Waals surface area contributed by atoms with Gasteiger partial charge in [-0.2, -0.15) is 0 Å². The number of nitrogens with zero attached hydrogens (tertiary/aromatic N) is 4. The molecule has 0 saturated carbocycles. The predicted octanol–water partition coefficient (Wildman–Crippen LogP) is 4.69. The lowest BCUT2D eigenvalue weighted by molar-refractivity contribution is 0.296. The van der Waals surface area contributed by atoms with Gasteiger partial charge in [0.1, 0.15) is 30.2 Å². The third-order valence-electron chi connectivity index (χ3n) is 5.48. The number of para-hydroxylation sites is 1. The maximum atomic E-state index is 9.98. The molecule has 0 radical (unpaired) electrons.